The third-order valence-electron chi connectivity index (χ3n) is 3.67. The van der Waals surface area contributed by atoms with Gasteiger partial charge in [0, 0.05) is 32.3 Å². The standard InChI is InChI=1S/C12H26N2O/c1-5-10(2)14(3)7-6-13-11-8-12(9-11)15-4/h10-13H,5-9H2,1-4H3. The van der Waals surface area contributed by atoms with E-state index in [1.54, 1.807) is 7.11 Å². The van der Waals surface area contributed by atoms with E-state index < -0.39 is 0 Å². The quantitative estimate of drug-likeness (QED) is 0.695. The van der Waals surface area contributed by atoms with Crippen molar-refractivity contribution >= 4 is 0 Å². The minimum atomic E-state index is 0.509. The Kier molecular flexibility index (Phi) is 5.58. The normalized spacial score (nSPS) is 27.8. The van der Waals surface area contributed by atoms with Crippen molar-refractivity contribution in [3.05, 3.63) is 0 Å². The molecule has 1 aliphatic carbocycles. The van der Waals surface area contributed by atoms with E-state index in [9.17, 15) is 0 Å². The van der Waals surface area contributed by atoms with Gasteiger partial charge >= 0.3 is 0 Å². The highest BCUT2D eigenvalue weighted by Crippen LogP contribution is 2.22. The zero-order valence-corrected chi connectivity index (χ0v) is 10.6. The summed E-state index contributed by atoms with van der Waals surface area (Å²) < 4.78 is 5.25. The number of hydrogen-bond donors (Lipinski definition) is 1. The van der Waals surface area contributed by atoms with Crippen LogP contribution < -0.4 is 5.32 Å². The van der Waals surface area contributed by atoms with Gasteiger partial charge < -0.3 is 15.0 Å². The van der Waals surface area contributed by atoms with Gasteiger partial charge in [-0.15, -0.1) is 0 Å². The molecule has 90 valence electrons. The highest BCUT2D eigenvalue weighted by Gasteiger charge is 2.28. The van der Waals surface area contributed by atoms with Gasteiger partial charge in [-0.2, -0.15) is 0 Å². The molecule has 1 rings (SSSR count). The first-order valence-electron chi connectivity index (χ1n) is 6.13. The average Bonchev–Trinajstić information content (AvgIpc) is 2.19. The van der Waals surface area contributed by atoms with Crippen molar-refractivity contribution in [3.63, 3.8) is 0 Å². The molecule has 0 spiro atoms. The van der Waals surface area contributed by atoms with Gasteiger partial charge in [0.15, 0.2) is 0 Å². The Morgan fingerprint density at radius 3 is 2.67 bits per heavy atom. The third-order valence-corrected chi connectivity index (χ3v) is 3.67. The van der Waals surface area contributed by atoms with E-state index in [0.29, 0.717) is 18.2 Å². The Morgan fingerprint density at radius 1 is 1.47 bits per heavy atom. The summed E-state index contributed by atoms with van der Waals surface area (Å²) in [7, 11) is 4.01. The van der Waals surface area contributed by atoms with Crippen LogP contribution >= 0.6 is 0 Å². The predicted octanol–water partition coefficient (Wildman–Crippen LogP) is 1.48. The van der Waals surface area contributed by atoms with E-state index >= 15 is 0 Å². The zero-order chi connectivity index (χ0) is 11.3. The second-order valence-electron chi connectivity index (χ2n) is 4.72. The molecule has 0 heterocycles. The Morgan fingerprint density at radius 2 is 2.13 bits per heavy atom. The molecule has 1 unspecified atom stereocenters. The van der Waals surface area contributed by atoms with E-state index in [4.69, 9.17) is 4.74 Å². The Labute approximate surface area is 94.2 Å². The number of likely N-dealkylation sites (N-methyl/N-ethyl adjacent to an activating group) is 1. The fourth-order valence-corrected chi connectivity index (χ4v) is 1.90. The minimum absolute atomic E-state index is 0.509. The van der Waals surface area contributed by atoms with Crippen LogP contribution in [0.25, 0.3) is 0 Å². The summed E-state index contributed by atoms with van der Waals surface area (Å²) >= 11 is 0. The van der Waals surface area contributed by atoms with Crippen LogP contribution in [0.1, 0.15) is 33.1 Å². The van der Waals surface area contributed by atoms with Crippen molar-refractivity contribution < 1.29 is 4.74 Å². The molecule has 0 aromatic carbocycles. The Balaban J connectivity index is 1.98. The van der Waals surface area contributed by atoms with Gasteiger partial charge in [0.25, 0.3) is 0 Å². The van der Waals surface area contributed by atoms with Gasteiger partial charge in [-0.05, 0) is 33.2 Å². The molecule has 0 aliphatic heterocycles. The van der Waals surface area contributed by atoms with Crippen LogP contribution in [-0.2, 0) is 4.74 Å². The number of ether oxygens (including phenoxy) is 1. The number of rotatable bonds is 7. The molecule has 0 aromatic rings. The molecule has 0 saturated heterocycles. The lowest BCUT2D eigenvalue weighted by atomic mass is 9.89. The summed E-state index contributed by atoms with van der Waals surface area (Å²) in [6.07, 6.45) is 4.11. The maximum Gasteiger partial charge on any atom is 0.0601 e. The number of nitrogens with zero attached hydrogens (tertiary/aromatic N) is 1. The summed E-state index contributed by atoms with van der Waals surface area (Å²) in [6.45, 7) is 6.76. The van der Waals surface area contributed by atoms with Crippen molar-refractivity contribution in [2.75, 3.05) is 27.2 Å². The maximum atomic E-state index is 5.25. The van der Waals surface area contributed by atoms with Crippen molar-refractivity contribution in [2.45, 2.75) is 51.3 Å². The molecule has 15 heavy (non-hydrogen) atoms. The molecule has 1 aliphatic rings. The van der Waals surface area contributed by atoms with Crippen LogP contribution in [0.5, 0.6) is 0 Å². The van der Waals surface area contributed by atoms with Gasteiger partial charge in [-0.1, -0.05) is 6.92 Å². The van der Waals surface area contributed by atoms with Gasteiger partial charge in [0.1, 0.15) is 0 Å². The van der Waals surface area contributed by atoms with E-state index in [0.717, 1.165) is 13.1 Å². The molecule has 3 nitrogen and oxygen atoms in total. The average molecular weight is 214 g/mol. The number of methoxy groups -OCH3 is 1. The van der Waals surface area contributed by atoms with Crippen molar-refractivity contribution in [1.29, 1.82) is 0 Å². The van der Waals surface area contributed by atoms with Crippen LogP contribution in [0.15, 0.2) is 0 Å². The molecule has 0 bridgehead atoms. The lowest BCUT2D eigenvalue weighted by molar-refractivity contribution is 0.0169. The molecule has 3 heteroatoms. The summed E-state index contributed by atoms with van der Waals surface area (Å²) in [5.74, 6) is 0. The smallest absolute Gasteiger partial charge is 0.0601 e. The van der Waals surface area contributed by atoms with E-state index in [2.05, 4.69) is 31.1 Å². The molecule has 0 aromatic heterocycles. The molecule has 1 N–H and O–H groups in total. The fraction of sp³-hybridized carbons (Fsp3) is 1.00. The molecule has 0 radical (unpaired) electrons. The van der Waals surface area contributed by atoms with Crippen LogP contribution in [0, 0.1) is 0 Å². The SMILES string of the molecule is CCC(C)N(C)CCNC1CC(OC)C1. The highest BCUT2D eigenvalue weighted by atomic mass is 16.5. The Hall–Kier alpha value is -0.120. The van der Waals surface area contributed by atoms with Gasteiger partial charge in [-0.3, -0.25) is 0 Å². The van der Waals surface area contributed by atoms with Crippen molar-refractivity contribution in [2.24, 2.45) is 0 Å². The first kappa shape index (κ1) is 12.9. The minimum Gasteiger partial charge on any atom is -0.381 e. The van der Waals surface area contributed by atoms with E-state index in [1.165, 1.54) is 19.3 Å². The summed E-state index contributed by atoms with van der Waals surface area (Å²) in [4.78, 5) is 2.42. The number of nitrogens with one attached hydrogen (secondary N) is 1. The van der Waals surface area contributed by atoms with Gasteiger partial charge in [-0.25, -0.2) is 0 Å². The van der Waals surface area contributed by atoms with Gasteiger partial charge in [0.05, 0.1) is 6.10 Å². The van der Waals surface area contributed by atoms with E-state index in [1.807, 2.05) is 0 Å². The fourth-order valence-electron chi connectivity index (χ4n) is 1.90. The van der Waals surface area contributed by atoms with Gasteiger partial charge in [0.2, 0.25) is 0 Å². The molecule has 1 saturated carbocycles. The predicted molar refractivity (Wildman–Crippen MR) is 64.2 cm³/mol. The molecular formula is C12H26N2O. The zero-order valence-electron chi connectivity index (χ0n) is 10.6. The molecule has 1 atom stereocenters. The summed E-state index contributed by atoms with van der Waals surface area (Å²) in [5, 5.41) is 3.57. The molecule has 0 amide bonds. The van der Waals surface area contributed by atoms with Crippen LogP contribution in [0.4, 0.5) is 0 Å². The number of hydrogen-bond acceptors (Lipinski definition) is 3. The monoisotopic (exact) mass is 214 g/mol. The van der Waals surface area contributed by atoms with E-state index in [-0.39, 0.29) is 0 Å². The second-order valence-corrected chi connectivity index (χ2v) is 4.72. The van der Waals surface area contributed by atoms with Crippen LogP contribution in [0.3, 0.4) is 0 Å². The summed E-state index contributed by atoms with van der Waals surface area (Å²) in [5.41, 5.74) is 0. The first-order chi connectivity index (χ1) is 7.17. The van der Waals surface area contributed by atoms with Crippen LogP contribution in [0.2, 0.25) is 0 Å². The molecule has 1 fully saturated rings. The van der Waals surface area contributed by atoms with Crippen molar-refractivity contribution in [3.8, 4) is 0 Å². The lowest BCUT2D eigenvalue weighted by Gasteiger charge is -2.35. The largest absolute Gasteiger partial charge is 0.381 e. The molecular weight excluding hydrogens is 188 g/mol. The Bertz CT molecular complexity index is 169. The summed E-state index contributed by atoms with van der Waals surface area (Å²) in [6, 6.07) is 1.39. The second kappa shape index (κ2) is 6.46. The lowest BCUT2D eigenvalue weighted by Crippen LogP contribution is -2.47. The van der Waals surface area contributed by atoms with Crippen molar-refractivity contribution in [1.82, 2.24) is 10.2 Å². The third kappa shape index (κ3) is 4.09. The first-order valence-corrected chi connectivity index (χ1v) is 6.13. The highest BCUT2D eigenvalue weighted by molar-refractivity contribution is 4.85. The topological polar surface area (TPSA) is 24.5 Å². The maximum absolute atomic E-state index is 5.25. The van der Waals surface area contributed by atoms with Crippen LogP contribution in [-0.4, -0.2) is 50.3 Å².